The van der Waals surface area contributed by atoms with Crippen LogP contribution in [0, 0.1) is 5.92 Å². The Bertz CT molecular complexity index is 249. The highest BCUT2D eigenvalue weighted by Crippen LogP contribution is 2.43. The molecule has 3 nitrogen and oxygen atoms in total. The lowest BCUT2D eigenvalue weighted by molar-refractivity contribution is -0.142. The Morgan fingerprint density at radius 1 is 1.47 bits per heavy atom. The van der Waals surface area contributed by atoms with Crippen LogP contribution in [0.5, 0.6) is 0 Å². The number of hydrogen-bond donors (Lipinski definition) is 1. The molecule has 2 rings (SSSR count). The van der Waals surface area contributed by atoms with E-state index in [0.717, 1.165) is 11.7 Å². The number of ether oxygens (including phenoxy) is 1. The molecule has 0 aromatic rings. The fraction of sp³-hybridized carbons (Fsp3) is 0.909. The molecule has 1 N–H and O–H groups in total. The molecule has 0 bridgehead atoms. The monoisotopic (exact) mass is 229 g/mol. The van der Waals surface area contributed by atoms with E-state index in [9.17, 15) is 4.79 Å². The van der Waals surface area contributed by atoms with Crippen LogP contribution in [0.1, 0.15) is 32.6 Å². The summed E-state index contributed by atoms with van der Waals surface area (Å²) in [6, 6.07) is -0.0894. The Labute approximate surface area is 95.3 Å². The first kappa shape index (κ1) is 11.3. The standard InChI is InChI=1S/C11H19NO2S/c1-8-3-5-11(6-4-8)12-9(7-15-11)10(13)14-2/h8-9,12H,3-7H2,1-2H3/t8?,9-,11?/m0/s1. The van der Waals surface area contributed by atoms with E-state index in [2.05, 4.69) is 12.2 Å². The summed E-state index contributed by atoms with van der Waals surface area (Å²) in [5.41, 5.74) is 0. The maximum Gasteiger partial charge on any atom is 0.323 e. The van der Waals surface area contributed by atoms with Crippen molar-refractivity contribution in [1.29, 1.82) is 0 Å². The van der Waals surface area contributed by atoms with Crippen LogP contribution in [-0.2, 0) is 9.53 Å². The minimum Gasteiger partial charge on any atom is -0.468 e. The summed E-state index contributed by atoms with van der Waals surface area (Å²) in [7, 11) is 1.46. The summed E-state index contributed by atoms with van der Waals surface area (Å²) in [5, 5.41) is 3.47. The van der Waals surface area contributed by atoms with E-state index < -0.39 is 0 Å². The third kappa shape index (κ3) is 2.31. The molecule has 0 aromatic heterocycles. The average Bonchev–Trinajstić information content (AvgIpc) is 2.66. The van der Waals surface area contributed by atoms with Gasteiger partial charge in [-0.25, -0.2) is 0 Å². The highest BCUT2D eigenvalue weighted by atomic mass is 32.2. The highest BCUT2D eigenvalue weighted by molar-refractivity contribution is 8.00. The maximum atomic E-state index is 11.4. The number of esters is 1. The number of rotatable bonds is 1. The first-order valence-corrected chi connectivity index (χ1v) is 6.63. The van der Waals surface area contributed by atoms with E-state index in [0.29, 0.717) is 0 Å². The van der Waals surface area contributed by atoms with Crippen molar-refractivity contribution in [2.75, 3.05) is 12.9 Å². The van der Waals surface area contributed by atoms with Crippen LogP contribution in [0.3, 0.4) is 0 Å². The zero-order valence-electron chi connectivity index (χ0n) is 9.41. The molecule has 0 amide bonds. The zero-order valence-corrected chi connectivity index (χ0v) is 10.2. The van der Waals surface area contributed by atoms with Crippen molar-refractivity contribution < 1.29 is 9.53 Å². The van der Waals surface area contributed by atoms with Gasteiger partial charge in [0.1, 0.15) is 6.04 Å². The van der Waals surface area contributed by atoms with E-state index >= 15 is 0 Å². The maximum absolute atomic E-state index is 11.4. The lowest BCUT2D eigenvalue weighted by Gasteiger charge is -2.35. The summed E-state index contributed by atoms with van der Waals surface area (Å²) >= 11 is 1.91. The Hall–Kier alpha value is -0.220. The molecule has 0 radical (unpaired) electrons. The van der Waals surface area contributed by atoms with E-state index in [1.54, 1.807) is 0 Å². The second kappa shape index (κ2) is 4.34. The summed E-state index contributed by atoms with van der Waals surface area (Å²) in [4.78, 5) is 11.6. The third-order valence-corrected chi connectivity index (χ3v) is 5.11. The van der Waals surface area contributed by atoms with Gasteiger partial charge in [0.2, 0.25) is 0 Å². The van der Waals surface area contributed by atoms with Crippen LogP contribution in [0.4, 0.5) is 0 Å². The van der Waals surface area contributed by atoms with Gasteiger partial charge in [-0.05, 0) is 31.6 Å². The van der Waals surface area contributed by atoms with E-state index in [1.165, 1.54) is 32.8 Å². The van der Waals surface area contributed by atoms with Crippen LogP contribution >= 0.6 is 11.8 Å². The second-order valence-corrected chi connectivity index (χ2v) is 6.11. The van der Waals surface area contributed by atoms with Crippen molar-refractivity contribution in [3.05, 3.63) is 0 Å². The number of carbonyl (C=O) groups is 1. The van der Waals surface area contributed by atoms with Gasteiger partial charge in [-0.1, -0.05) is 6.92 Å². The fourth-order valence-electron chi connectivity index (χ4n) is 2.43. The molecule has 2 fully saturated rings. The first-order valence-electron chi connectivity index (χ1n) is 5.65. The van der Waals surface area contributed by atoms with Crippen molar-refractivity contribution in [3.63, 3.8) is 0 Å². The smallest absolute Gasteiger partial charge is 0.323 e. The van der Waals surface area contributed by atoms with Crippen molar-refractivity contribution in [1.82, 2.24) is 5.32 Å². The van der Waals surface area contributed by atoms with Crippen molar-refractivity contribution >= 4 is 17.7 Å². The van der Waals surface area contributed by atoms with Gasteiger partial charge >= 0.3 is 5.97 Å². The minimum absolute atomic E-state index is 0.0894. The third-order valence-electron chi connectivity index (χ3n) is 3.53. The van der Waals surface area contributed by atoms with Crippen molar-refractivity contribution in [2.45, 2.75) is 43.5 Å². The topological polar surface area (TPSA) is 38.3 Å². The fourth-order valence-corrected chi connectivity index (χ4v) is 3.89. The molecule has 15 heavy (non-hydrogen) atoms. The van der Waals surface area contributed by atoms with Crippen LogP contribution in [0.25, 0.3) is 0 Å². The summed E-state index contributed by atoms with van der Waals surface area (Å²) in [6.45, 7) is 2.31. The average molecular weight is 229 g/mol. The largest absolute Gasteiger partial charge is 0.468 e. The van der Waals surface area contributed by atoms with Gasteiger partial charge in [0.25, 0.3) is 0 Å². The number of thioether (sulfide) groups is 1. The van der Waals surface area contributed by atoms with E-state index in [1.807, 2.05) is 11.8 Å². The van der Waals surface area contributed by atoms with Crippen LogP contribution in [0.15, 0.2) is 0 Å². The van der Waals surface area contributed by atoms with Gasteiger partial charge in [0.15, 0.2) is 0 Å². The molecule has 2 aliphatic rings. The number of methoxy groups -OCH3 is 1. The molecular weight excluding hydrogens is 210 g/mol. The molecule has 1 aliphatic heterocycles. The molecule has 4 heteroatoms. The summed E-state index contributed by atoms with van der Waals surface area (Å²) in [6.07, 6.45) is 4.92. The molecule has 86 valence electrons. The number of nitrogens with one attached hydrogen (secondary N) is 1. The Balaban J connectivity index is 1.93. The van der Waals surface area contributed by atoms with E-state index in [4.69, 9.17) is 4.74 Å². The molecule has 0 aromatic carbocycles. The molecule has 1 saturated heterocycles. The van der Waals surface area contributed by atoms with Gasteiger partial charge in [-0.3, -0.25) is 10.1 Å². The van der Waals surface area contributed by atoms with Gasteiger partial charge in [-0.15, -0.1) is 11.8 Å². The molecule has 1 heterocycles. The zero-order chi connectivity index (χ0) is 10.9. The molecule has 0 unspecified atom stereocenters. The van der Waals surface area contributed by atoms with Crippen molar-refractivity contribution in [3.8, 4) is 0 Å². The van der Waals surface area contributed by atoms with Gasteiger partial charge in [0, 0.05) is 5.75 Å². The highest BCUT2D eigenvalue weighted by Gasteiger charge is 2.43. The quantitative estimate of drug-likeness (QED) is 0.696. The molecule has 1 atom stereocenters. The Morgan fingerprint density at radius 3 is 2.73 bits per heavy atom. The van der Waals surface area contributed by atoms with E-state index in [-0.39, 0.29) is 16.9 Å². The van der Waals surface area contributed by atoms with Gasteiger partial charge in [0.05, 0.1) is 12.0 Å². The Morgan fingerprint density at radius 2 is 2.13 bits per heavy atom. The summed E-state index contributed by atoms with van der Waals surface area (Å²) in [5.74, 6) is 1.59. The minimum atomic E-state index is -0.113. The lowest BCUT2D eigenvalue weighted by atomic mass is 9.86. The molecule has 1 aliphatic carbocycles. The SMILES string of the molecule is COC(=O)[C@@H]1CSC2(CCC(C)CC2)N1. The Kier molecular flexibility index (Phi) is 3.26. The number of carbonyl (C=O) groups excluding carboxylic acids is 1. The lowest BCUT2D eigenvalue weighted by Crippen LogP contribution is -2.47. The molecule has 1 saturated carbocycles. The van der Waals surface area contributed by atoms with Gasteiger partial charge < -0.3 is 4.74 Å². The predicted molar refractivity (Wildman–Crippen MR) is 61.8 cm³/mol. The van der Waals surface area contributed by atoms with Crippen LogP contribution in [-0.4, -0.2) is 29.7 Å². The first-order chi connectivity index (χ1) is 7.15. The second-order valence-electron chi connectivity index (χ2n) is 4.71. The molecular formula is C11H19NO2S. The number of hydrogen-bond acceptors (Lipinski definition) is 4. The van der Waals surface area contributed by atoms with Crippen molar-refractivity contribution in [2.24, 2.45) is 5.92 Å². The van der Waals surface area contributed by atoms with Gasteiger partial charge in [-0.2, -0.15) is 0 Å². The normalized spacial score (nSPS) is 40.7. The molecule has 1 spiro atoms. The summed E-state index contributed by atoms with van der Waals surface area (Å²) < 4.78 is 4.77. The van der Waals surface area contributed by atoms with Crippen LogP contribution in [0.2, 0.25) is 0 Å². The predicted octanol–water partition coefficient (Wildman–Crippen LogP) is 1.77. The van der Waals surface area contributed by atoms with Crippen LogP contribution < -0.4 is 5.32 Å².